The third-order valence-electron chi connectivity index (χ3n) is 4.69. The molecule has 0 atom stereocenters. The first-order valence-corrected chi connectivity index (χ1v) is 8.85. The van der Waals surface area contributed by atoms with Crippen LogP contribution in [0.1, 0.15) is 18.1 Å². The Balaban J connectivity index is 1.68. The van der Waals surface area contributed by atoms with Crippen LogP contribution in [0.5, 0.6) is 0 Å². The van der Waals surface area contributed by atoms with Gasteiger partial charge in [-0.15, -0.1) is 0 Å². The third kappa shape index (κ3) is 3.25. The monoisotopic (exact) mass is 353 g/mol. The number of pyridine rings is 1. The molecular weight excluding hydrogens is 334 g/mol. The summed E-state index contributed by atoms with van der Waals surface area (Å²) >= 11 is 0. The molecule has 0 radical (unpaired) electrons. The lowest BCUT2D eigenvalue weighted by atomic mass is 9.99. The Morgan fingerprint density at radius 1 is 1.07 bits per heavy atom. The Morgan fingerprint density at radius 3 is 2.74 bits per heavy atom. The minimum Gasteiger partial charge on any atom is -0.340 e. The average Bonchev–Trinajstić information content (AvgIpc) is 3.08. The van der Waals surface area contributed by atoms with Crippen molar-refractivity contribution in [1.82, 2.24) is 14.5 Å². The maximum absolute atomic E-state index is 9.12. The van der Waals surface area contributed by atoms with E-state index in [0.717, 1.165) is 40.1 Å². The minimum atomic E-state index is 0.668. The SMILES string of the molecule is CCc1cc(-c2cccc(C#N)c2)ccc1Nc1cc2c(cn1)ncn2C. The van der Waals surface area contributed by atoms with Crippen LogP contribution in [-0.2, 0) is 13.5 Å². The zero-order valence-electron chi connectivity index (χ0n) is 15.3. The van der Waals surface area contributed by atoms with Gasteiger partial charge >= 0.3 is 0 Å². The van der Waals surface area contributed by atoms with E-state index in [0.29, 0.717) is 5.56 Å². The van der Waals surface area contributed by atoms with Crippen LogP contribution in [0.15, 0.2) is 61.1 Å². The molecule has 0 fully saturated rings. The first-order valence-electron chi connectivity index (χ1n) is 8.85. The Bertz CT molecular complexity index is 1170. The fraction of sp³-hybridized carbons (Fsp3) is 0.136. The number of fused-ring (bicyclic) bond motifs is 1. The smallest absolute Gasteiger partial charge is 0.132 e. The average molecular weight is 353 g/mol. The van der Waals surface area contributed by atoms with Gasteiger partial charge in [0.15, 0.2) is 0 Å². The summed E-state index contributed by atoms with van der Waals surface area (Å²) in [5.41, 5.74) is 6.96. The van der Waals surface area contributed by atoms with Crippen LogP contribution in [0.25, 0.3) is 22.2 Å². The highest BCUT2D eigenvalue weighted by Gasteiger charge is 2.08. The largest absolute Gasteiger partial charge is 0.340 e. The lowest BCUT2D eigenvalue weighted by molar-refractivity contribution is 0.947. The Morgan fingerprint density at radius 2 is 1.93 bits per heavy atom. The van der Waals surface area contributed by atoms with E-state index in [4.69, 9.17) is 5.26 Å². The van der Waals surface area contributed by atoms with Gasteiger partial charge in [0.05, 0.1) is 29.7 Å². The molecule has 5 heteroatoms. The first kappa shape index (κ1) is 16.8. The topological polar surface area (TPSA) is 66.5 Å². The third-order valence-corrected chi connectivity index (χ3v) is 4.69. The number of anilines is 2. The van der Waals surface area contributed by atoms with Crippen molar-refractivity contribution < 1.29 is 0 Å². The Kier molecular flexibility index (Phi) is 4.31. The molecule has 4 aromatic rings. The second kappa shape index (κ2) is 6.93. The molecule has 0 amide bonds. The van der Waals surface area contributed by atoms with Gasteiger partial charge in [0.1, 0.15) is 11.3 Å². The van der Waals surface area contributed by atoms with E-state index in [9.17, 15) is 0 Å². The number of aryl methyl sites for hydroxylation is 2. The molecule has 0 aliphatic rings. The molecule has 2 heterocycles. The van der Waals surface area contributed by atoms with E-state index in [-0.39, 0.29) is 0 Å². The first-order chi connectivity index (χ1) is 13.2. The second-order valence-electron chi connectivity index (χ2n) is 6.46. The van der Waals surface area contributed by atoms with Gasteiger partial charge < -0.3 is 9.88 Å². The van der Waals surface area contributed by atoms with Gasteiger partial charge in [0.2, 0.25) is 0 Å². The molecule has 2 aromatic heterocycles. The molecular formula is C22H19N5. The molecule has 0 unspecified atom stereocenters. The van der Waals surface area contributed by atoms with Crippen molar-refractivity contribution in [1.29, 1.82) is 5.26 Å². The summed E-state index contributed by atoms with van der Waals surface area (Å²) in [7, 11) is 1.97. The predicted molar refractivity (Wildman–Crippen MR) is 108 cm³/mol. The van der Waals surface area contributed by atoms with Gasteiger partial charge in [-0.3, -0.25) is 0 Å². The molecule has 0 bridgehead atoms. The van der Waals surface area contributed by atoms with Crippen LogP contribution in [0, 0.1) is 11.3 Å². The van der Waals surface area contributed by atoms with Crippen molar-refractivity contribution in [2.24, 2.45) is 7.05 Å². The van der Waals surface area contributed by atoms with E-state index in [1.807, 2.05) is 41.9 Å². The molecule has 0 saturated carbocycles. The van der Waals surface area contributed by atoms with Gasteiger partial charge in [-0.2, -0.15) is 5.26 Å². The molecule has 0 saturated heterocycles. The molecule has 132 valence electrons. The van der Waals surface area contributed by atoms with Crippen LogP contribution in [-0.4, -0.2) is 14.5 Å². The summed E-state index contributed by atoms with van der Waals surface area (Å²) in [5, 5.41) is 12.6. The van der Waals surface area contributed by atoms with Gasteiger partial charge in [0.25, 0.3) is 0 Å². The number of hydrogen-bond donors (Lipinski definition) is 1. The van der Waals surface area contributed by atoms with Gasteiger partial charge in [-0.05, 0) is 47.4 Å². The molecule has 27 heavy (non-hydrogen) atoms. The van der Waals surface area contributed by atoms with E-state index in [1.165, 1.54) is 5.56 Å². The van der Waals surface area contributed by atoms with Crippen molar-refractivity contribution in [3.63, 3.8) is 0 Å². The highest BCUT2D eigenvalue weighted by molar-refractivity contribution is 5.79. The van der Waals surface area contributed by atoms with E-state index < -0.39 is 0 Å². The number of hydrogen-bond acceptors (Lipinski definition) is 4. The Labute approximate surface area is 157 Å². The number of nitrogens with one attached hydrogen (secondary N) is 1. The number of nitriles is 1. The maximum atomic E-state index is 9.12. The quantitative estimate of drug-likeness (QED) is 0.571. The van der Waals surface area contributed by atoms with Gasteiger partial charge in [0, 0.05) is 18.8 Å². The summed E-state index contributed by atoms with van der Waals surface area (Å²) in [6.45, 7) is 2.13. The number of rotatable bonds is 4. The number of benzene rings is 2. The van der Waals surface area contributed by atoms with Crippen LogP contribution in [0.3, 0.4) is 0 Å². The van der Waals surface area contributed by atoms with Crippen LogP contribution in [0.4, 0.5) is 11.5 Å². The second-order valence-corrected chi connectivity index (χ2v) is 6.46. The Hall–Kier alpha value is -3.65. The van der Waals surface area contributed by atoms with Crippen molar-refractivity contribution in [2.75, 3.05) is 5.32 Å². The maximum Gasteiger partial charge on any atom is 0.132 e. The summed E-state index contributed by atoms with van der Waals surface area (Å²) in [5.74, 6) is 0.792. The predicted octanol–water partition coefficient (Wildman–Crippen LogP) is 4.81. The normalized spacial score (nSPS) is 10.7. The fourth-order valence-electron chi connectivity index (χ4n) is 3.19. The van der Waals surface area contributed by atoms with Crippen LogP contribution >= 0.6 is 0 Å². The van der Waals surface area contributed by atoms with Crippen molar-refractivity contribution in [2.45, 2.75) is 13.3 Å². The number of imidazole rings is 1. The summed E-state index contributed by atoms with van der Waals surface area (Å²) in [6, 6.07) is 18.2. The molecule has 0 aliphatic carbocycles. The van der Waals surface area contributed by atoms with Gasteiger partial charge in [-0.1, -0.05) is 25.1 Å². The zero-order chi connectivity index (χ0) is 18.8. The lowest BCUT2D eigenvalue weighted by Crippen LogP contribution is -1.98. The van der Waals surface area contributed by atoms with Crippen molar-refractivity contribution >= 4 is 22.5 Å². The minimum absolute atomic E-state index is 0.668. The summed E-state index contributed by atoms with van der Waals surface area (Å²) < 4.78 is 1.98. The molecule has 4 rings (SSSR count). The van der Waals surface area contributed by atoms with E-state index in [1.54, 1.807) is 12.5 Å². The van der Waals surface area contributed by atoms with Crippen molar-refractivity contribution in [3.05, 3.63) is 72.2 Å². The summed E-state index contributed by atoms with van der Waals surface area (Å²) in [4.78, 5) is 8.78. The zero-order valence-corrected chi connectivity index (χ0v) is 15.3. The van der Waals surface area contributed by atoms with E-state index >= 15 is 0 Å². The lowest BCUT2D eigenvalue weighted by Gasteiger charge is -2.13. The fourth-order valence-corrected chi connectivity index (χ4v) is 3.19. The van der Waals surface area contributed by atoms with Gasteiger partial charge in [-0.25, -0.2) is 9.97 Å². The van der Waals surface area contributed by atoms with Crippen LogP contribution in [0.2, 0.25) is 0 Å². The number of nitrogens with zero attached hydrogens (tertiary/aromatic N) is 4. The highest BCUT2D eigenvalue weighted by atomic mass is 15.0. The standard InChI is InChI=1S/C22H19N5/c1-3-16-10-18(17-6-4-5-15(9-17)12-23)7-8-19(16)26-22-11-21-20(13-24-22)25-14-27(21)2/h4-11,13-14H,3H2,1-2H3,(H,24,26). The molecule has 5 nitrogen and oxygen atoms in total. The molecule has 0 aliphatic heterocycles. The summed E-state index contributed by atoms with van der Waals surface area (Å²) in [6.07, 6.45) is 4.46. The molecule has 1 N–H and O–H groups in total. The van der Waals surface area contributed by atoms with Crippen molar-refractivity contribution in [3.8, 4) is 17.2 Å². The molecule has 2 aromatic carbocycles. The number of aromatic nitrogens is 3. The highest BCUT2D eigenvalue weighted by Crippen LogP contribution is 2.28. The van der Waals surface area contributed by atoms with Crippen LogP contribution < -0.4 is 5.32 Å². The molecule has 0 spiro atoms. The van der Waals surface area contributed by atoms with E-state index in [2.05, 4.69) is 46.5 Å².